The summed E-state index contributed by atoms with van der Waals surface area (Å²) in [5, 5.41) is 15.1. The van der Waals surface area contributed by atoms with Gasteiger partial charge in [0.2, 0.25) is 0 Å². The highest BCUT2D eigenvalue weighted by Crippen LogP contribution is 2.26. The van der Waals surface area contributed by atoms with Crippen LogP contribution in [0.5, 0.6) is 0 Å². The van der Waals surface area contributed by atoms with Gasteiger partial charge in [-0.25, -0.2) is 4.68 Å². The summed E-state index contributed by atoms with van der Waals surface area (Å²) in [6, 6.07) is 11.8. The number of nitrogens with two attached hydrogens (primary N) is 2. The monoisotopic (exact) mass is 410 g/mol. The topological polar surface area (TPSA) is 96.9 Å². The Bertz CT molecular complexity index is 1010. The summed E-state index contributed by atoms with van der Waals surface area (Å²) in [6.07, 6.45) is 3.23. The molecule has 0 saturated carbocycles. The van der Waals surface area contributed by atoms with E-state index in [1.54, 1.807) is 4.68 Å². The van der Waals surface area contributed by atoms with Crippen LogP contribution in [0, 0.1) is 5.41 Å². The minimum atomic E-state index is -0.519. The van der Waals surface area contributed by atoms with Gasteiger partial charge >= 0.3 is 0 Å². The average molecular weight is 411 g/mol. The normalized spacial score (nSPS) is 13.1. The minimum absolute atomic E-state index is 0. The van der Waals surface area contributed by atoms with Crippen molar-refractivity contribution in [3.63, 3.8) is 0 Å². The molecule has 6 heteroatoms. The maximum Gasteiger partial charge on any atom is 0.148 e. The molecule has 0 amide bonds. The number of nitrogens with one attached hydrogen (secondary N) is 1. The number of anilines is 2. The molecule has 0 bridgehead atoms. The van der Waals surface area contributed by atoms with Crippen molar-refractivity contribution in [3.8, 4) is 0 Å². The molecule has 1 aliphatic heterocycles. The van der Waals surface area contributed by atoms with E-state index in [0.29, 0.717) is 5.49 Å². The molecule has 1 atom stereocenters. The summed E-state index contributed by atoms with van der Waals surface area (Å²) in [7, 11) is 2.04. The van der Waals surface area contributed by atoms with Crippen molar-refractivity contribution in [2.45, 2.75) is 54.1 Å². The van der Waals surface area contributed by atoms with Gasteiger partial charge in [0.15, 0.2) is 0 Å². The average Bonchev–Trinajstić information content (AvgIpc) is 2.77. The Morgan fingerprint density at radius 3 is 2.50 bits per heavy atom. The Morgan fingerprint density at radius 2 is 1.80 bits per heavy atom. The van der Waals surface area contributed by atoms with Gasteiger partial charge in [-0.05, 0) is 35.9 Å². The van der Waals surface area contributed by atoms with Gasteiger partial charge in [0, 0.05) is 30.2 Å². The summed E-state index contributed by atoms with van der Waals surface area (Å²) in [6.45, 7) is 8.99. The third-order valence-electron chi connectivity index (χ3n) is 5.01. The van der Waals surface area contributed by atoms with Crippen LogP contribution >= 0.6 is 0 Å². The van der Waals surface area contributed by atoms with Crippen LogP contribution in [0.1, 0.15) is 58.8 Å². The summed E-state index contributed by atoms with van der Waals surface area (Å²) < 4.78 is 1.60. The van der Waals surface area contributed by atoms with E-state index in [0.717, 1.165) is 52.7 Å². The molecule has 0 spiro atoms. The SMILES string of the molecule is C.CC.CC.CN1CCCc2c1cnn(C(N)c1ccc3cccc(N)c3c1)c2=N. The zero-order valence-electron chi connectivity index (χ0n) is 18.2. The van der Waals surface area contributed by atoms with Crippen LogP contribution in [0.25, 0.3) is 10.8 Å². The highest BCUT2D eigenvalue weighted by molar-refractivity contribution is 5.93. The first-order valence-electron chi connectivity index (χ1n) is 10.5. The molecule has 1 unspecified atom stereocenters. The highest BCUT2D eigenvalue weighted by Gasteiger charge is 2.19. The van der Waals surface area contributed by atoms with E-state index in [2.05, 4.69) is 10.00 Å². The van der Waals surface area contributed by atoms with Crippen LogP contribution < -0.4 is 21.9 Å². The van der Waals surface area contributed by atoms with E-state index in [1.807, 2.05) is 77.3 Å². The van der Waals surface area contributed by atoms with E-state index in [9.17, 15) is 0 Å². The first kappa shape index (κ1) is 25.2. The molecule has 0 radical (unpaired) electrons. The molecule has 0 fully saturated rings. The molecule has 5 N–H and O–H groups in total. The van der Waals surface area contributed by atoms with Crippen molar-refractivity contribution in [1.29, 1.82) is 5.41 Å². The van der Waals surface area contributed by atoms with Crippen LogP contribution in [0.4, 0.5) is 11.4 Å². The van der Waals surface area contributed by atoms with E-state index in [1.165, 1.54) is 0 Å². The summed E-state index contributed by atoms with van der Waals surface area (Å²) in [5.41, 5.74) is 16.6. The largest absolute Gasteiger partial charge is 0.398 e. The third kappa shape index (κ3) is 4.82. The van der Waals surface area contributed by atoms with Crippen molar-refractivity contribution in [3.05, 3.63) is 59.2 Å². The molecule has 1 aliphatic rings. The van der Waals surface area contributed by atoms with Crippen LogP contribution in [-0.2, 0) is 6.42 Å². The lowest BCUT2D eigenvalue weighted by atomic mass is 10.0. The van der Waals surface area contributed by atoms with Crippen LogP contribution in [0.15, 0.2) is 42.6 Å². The Kier molecular flexibility index (Phi) is 9.53. The van der Waals surface area contributed by atoms with Crippen molar-refractivity contribution in [1.82, 2.24) is 9.78 Å². The standard InChI is InChI=1S/C19H22N6.2C2H6.CH4/c1-24-9-3-5-14-17(24)11-23-25(19(14)22)18(21)13-8-7-12-4-2-6-16(20)15(12)10-13;2*1-2;/h2,4,6-8,10-11,18,22H,3,5,9,20-21H2,1H3;2*1-2H3;1H4. The zero-order chi connectivity index (χ0) is 21.6. The van der Waals surface area contributed by atoms with Gasteiger partial charge in [-0.1, -0.05) is 59.4 Å². The summed E-state index contributed by atoms with van der Waals surface area (Å²) in [5.74, 6) is 0. The predicted molar refractivity (Wildman–Crippen MR) is 130 cm³/mol. The van der Waals surface area contributed by atoms with Gasteiger partial charge in [0.1, 0.15) is 11.7 Å². The van der Waals surface area contributed by atoms with Gasteiger partial charge in [0.25, 0.3) is 0 Å². The number of hydrogen-bond donors (Lipinski definition) is 3. The molecule has 0 aliphatic carbocycles. The lowest BCUT2D eigenvalue weighted by Gasteiger charge is -2.28. The number of benzene rings is 2. The molecule has 4 rings (SSSR count). The van der Waals surface area contributed by atoms with E-state index < -0.39 is 6.17 Å². The van der Waals surface area contributed by atoms with Crippen LogP contribution in [0.2, 0.25) is 0 Å². The fourth-order valence-corrected chi connectivity index (χ4v) is 3.55. The van der Waals surface area contributed by atoms with Gasteiger partial charge in [0.05, 0.1) is 11.9 Å². The first-order valence-corrected chi connectivity index (χ1v) is 10.5. The van der Waals surface area contributed by atoms with Crippen molar-refractivity contribution in [2.75, 3.05) is 24.2 Å². The first-order chi connectivity index (χ1) is 14.1. The van der Waals surface area contributed by atoms with Gasteiger partial charge in [-0.15, -0.1) is 0 Å². The number of fused-ring (bicyclic) bond motifs is 2. The van der Waals surface area contributed by atoms with Crippen molar-refractivity contribution < 1.29 is 0 Å². The molecule has 2 aromatic carbocycles. The zero-order valence-corrected chi connectivity index (χ0v) is 18.2. The van der Waals surface area contributed by atoms with Crippen molar-refractivity contribution >= 4 is 22.1 Å². The number of nitrogens with zero attached hydrogens (tertiary/aromatic N) is 3. The molecule has 3 aromatic rings. The van der Waals surface area contributed by atoms with Gasteiger partial charge in [-0.2, -0.15) is 5.10 Å². The van der Waals surface area contributed by atoms with Crippen LogP contribution in [-0.4, -0.2) is 23.4 Å². The van der Waals surface area contributed by atoms with E-state index >= 15 is 0 Å². The molecule has 2 heterocycles. The molecule has 6 nitrogen and oxygen atoms in total. The van der Waals surface area contributed by atoms with E-state index in [-0.39, 0.29) is 7.43 Å². The maximum atomic E-state index is 8.57. The summed E-state index contributed by atoms with van der Waals surface area (Å²) >= 11 is 0. The molecule has 164 valence electrons. The Balaban J connectivity index is 0.000000851. The molecule has 0 saturated heterocycles. The fourth-order valence-electron chi connectivity index (χ4n) is 3.55. The molecule has 30 heavy (non-hydrogen) atoms. The number of aromatic nitrogens is 2. The predicted octanol–water partition coefficient (Wildman–Crippen LogP) is 4.67. The molecular weight excluding hydrogens is 372 g/mol. The van der Waals surface area contributed by atoms with Gasteiger partial charge < -0.3 is 16.4 Å². The van der Waals surface area contributed by atoms with Crippen molar-refractivity contribution in [2.24, 2.45) is 5.73 Å². The maximum absolute atomic E-state index is 8.57. The second-order valence-corrected chi connectivity index (χ2v) is 6.60. The molecular formula is C24H38N6. The summed E-state index contributed by atoms with van der Waals surface area (Å²) in [4.78, 5) is 2.15. The third-order valence-corrected chi connectivity index (χ3v) is 5.01. The Labute approximate surface area is 181 Å². The fraction of sp³-hybridized carbons (Fsp3) is 0.417. The quantitative estimate of drug-likeness (QED) is 0.535. The minimum Gasteiger partial charge on any atom is -0.398 e. The number of nitrogen functional groups attached to an aromatic ring is 1. The number of rotatable bonds is 2. The van der Waals surface area contributed by atoms with Gasteiger partial charge in [-0.3, -0.25) is 5.41 Å². The lowest BCUT2D eigenvalue weighted by Crippen LogP contribution is -2.38. The smallest absolute Gasteiger partial charge is 0.148 e. The Morgan fingerprint density at radius 1 is 1.10 bits per heavy atom. The number of hydrogen-bond acceptors (Lipinski definition) is 5. The molecule has 1 aromatic heterocycles. The highest BCUT2D eigenvalue weighted by atomic mass is 15.3. The Hall–Kier alpha value is -2.86. The lowest BCUT2D eigenvalue weighted by molar-refractivity contribution is 0.490. The van der Waals surface area contributed by atoms with E-state index in [4.69, 9.17) is 16.9 Å². The van der Waals surface area contributed by atoms with Crippen LogP contribution in [0.3, 0.4) is 0 Å². The second-order valence-electron chi connectivity index (χ2n) is 6.60. The second kappa shape index (κ2) is 11.4.